The lowest BCUT2D eigenvalue weighted by Crippen LogP contribution is -2.17. The Morgan fingerprint density at radius 1 is 1.64 bits per heavy atom. The van der Waals surface area contributed by atoms with Crippen LogP contribution in [0.4, 0.5) is 0 Å². The molecule has 62 valence electrons. The summed E-state index contributed by atoms with van der Waals surface area (Å²) in [4.78, 5) is 11.1. The fourth-order valence-corrected chi connectivity index (χ4v) is 1.10. The van der Waals surface area contributed by atoms with Crippen molar-refractivity contribution in [2.75, 3.05) is 0 Å². The molecule has 0 bridgehead atoms. The van der Waals surface area contributed by atoms with Crippen LogP contribution in [0.1, 0.15) is 26.7 Å². The monoisotopic (exact) mass is 156 g/mol. The van der Waals surface area contributed by atoms with Gasteiger partial charge in [0.05, 0.1) is 0 Å². The molecular formula is C8H12O3. The smallest absolute Gasteiger partial charge is 0.240 e. The molecule has 0 aromatic heterocycles. The fraction of sp³-hybridized carbons (Fsp3) is 0.625. The number of Topliss-reactive ketones (excluding diaryl/α,β-unsaturated/α-hetero) is 1. The lowest BCUT2D eigenvalue weighted by atomic mass is 10.1. The highest BCUT2D eigenvalue weighted by Crippen LogP contribution is 2.21. The van der Waals surface area contributed by atoms with E-state index in [1.54, 1.807) is 6.92 Å². The first-order valence-corrected chi connectivity index (χ1v) is 3.77. The molecule has 0 aliphatic carbocycles. The third-order valence-electron chi connectivity index (χ3n) is 1.73. The fourth-order valence-electron chi connectivity index (χ4n) is 1.10. The second kappa shape index (κ2) is 2.95. The highest BCUT2D eigenvalue weighted by atomic mass is 16.5. The van der Waals surface area contributed by atoms with E-state index in [2.05, 4.69) is 0 Å². The second-order valence-corrected chi connectivity index (χ2v) is 2.66. The Morgan fingerprint density at radius 2 is 2.27 bits per heavy atom. The zero-order chi connectivity index (χ0) is 8.43. The highest BCUT2D eigenvalue weighted by Gasteiger charge is 2.31. The summed E-state index contributed by atoms with van der Waals surface area (Å²) in [6.45, 7) is 3.57. The molecule has 11 heavy (non-hydrogen) atoms. The van der Waals surface area contributed by atoms with Crippen LogP contribution in [0.25, 0.3) is 0 Å². The molecule has 1 aliphatic heterocycles. The van der Waals surface area contributed by atoms with Gasteiger partial charge in [0.2, 0.25) is 11.5 Å². The van der Waals surface area contributed by atoms with Crippen LogP contribution in [-0.2, 0) is 9.53 Å². The molecule has 0 aromatic carbocycles. The summed E-state index contributed by atoms with van der Waals surface area (Å²) in [5, 5.41) is 9.07. The second-order valence-electron chi connectivity index (χ2n) is 2.66. The lowest BCUT2D eigenvalue weighted by Gasteiger charge is -2.06. The van der Waals surface area contributed by atoms with Gasteiger partial charge in [0.15, 0.2) is 6.10 Å². The molecular weight excluding hydrogens is 144 g/mol. The Labute approximate surface area is 65.7 Å². The van der Waals surface area contributed by atoms with Gasteiger partial charge in [-0.25, -0.2) is 0 Å². The number of aliphatic hydroxyl groups is 1. The molecule has 1 aliphatic rings. The molecule has 0 amide bonds. The van der Waals surface area contributed by atoms with Crippen molar-refractivity contribution in [3.8, 4) is 0 Å². The average Bonchev–Trinajstić information content (AvgIpc) is 2.19. The number of allylic oxidation sites excluding steroid dienone is 1. The minimum atomic E-state index is -0.431. The Bertz CT molecular complexity index is 205. The number of hydrogen-bond donors (Lipinski definition) is 1. The van der Waals surface area contributed by atoms with Gasteiger partial charge in [0.25, 0.3) is 0 Å². The van der Waals surface area contributed by atoms with Crippen molar-refractivity contribution < 1.29 is 14.6 Å². The van der Waals surface area contributed by atoms with Gasteiger partial charge in [-0.15, -0.1) is 0 Å². The summed E-state index contributed by atoms with van der Waals surface area (Å²) >= 11 is 0. The van der Waals surface area contributed by atoms with E-state index >= 15 is 0 Å². The zero-order valence-corrected chi connectivity index (χ0v) is 6.76. The Morgan fingerprint density at radius 3 is 2.64 bits per heavy atom. The van der Waals surface area contributed by atoms with Crippen molar-refractivity contribution in [1.82, 2.24) is 0 Å². The minimum Gasteiger partial charge on any atom is -0.502 e. The van der Waals surface area contributed by atoms with E-state index in [0.29, 0.717) is 12.2 Å². The van der Waals surface area contributed by atoms with E-state index in [1.807, 2.05) is 6.92 Å². The van der Waals surface area contributed by atoms with Crippen molar-refractivity contribution in [3.63, 3.8) is 0 Å². The third kappa shape index (κ3) is 1.37. The van der Waals surface area contributed by atoms with E-state index in [4.69, 9.17) is 9.84 Å². The molecule has 1 N–H and O–H groups in total. The van der Waals surface area contributed by atoms with Gasteiger partial charge in [0, 0.05) is 0 Å². The third-order valence-corrected chi connectivity index (χ3v) is 1.73. The number of ketones is 1. The number of hydrogen-bond acceptors (Lipinski definition) is 3. The van der Waals surface area contributed by atoms with Gasteiger partial charge in [-0.1, -0.05) is 13.3 Å². The molecule has 0 spiro atoms. The Kier molecular flexibility index (Phi) is 2.17. The van der Waals surface area contributed by atoms with Crippen molar-refractivity contribution in [2.45, 2.75) is 32.8 Å². The van der Waals surface area contributed by atoms with E-state index in [1.165, 1.54) is 0 Å². The molecule has 0 saturated carbocycles. The van der Waals surface area contributed by atoms with Crippen LogP contribution in [0.15, 0.2) is 11.5 Å². The summed E-state index contributed by atoms with van der Waals surface area (Å²) in [5.74, 6) is -0.124. The normalized spacial score (nSPS) is 24.2. The molecule has 1 atom stereocenters. The maximum Gasteiger partial charge on any atom is 0.240 e. The molecule has 3 heteroatoms. The lowest BCUT2D eigenvalue weighted by molar-refractivity contribution is -0.123. The van der Waals surface area contributed by atoms with Gasteiger partial charge in [-0.05, 0) is 13.3 Å². The van der Waals surface area contributed by atoms with Crippen molar-refractivity contribution in [3.05, 3.63) is 11.5 Å². The Balaban J connectivity index is 2.63. The van der Waals surface area contributed by atoms with Gasteiger partial charge in [-0.2, -0.15) is 0 Å². The molecule has 1 heterocycles. The summed E-state index contributed by atoms with van der Waals surface area (Å²) in [6.07, 6.45) is 1.14. The Hall–Kier alpha value is -0.990. The van der Waals surface area contributed by atoms with Crippen LogP contribution >= 0.6 is 0 Å². The van der Waals surface area contributed by atoms with Gasteiger partial charge in [-0.3, -0.25) is 4.79 Å². The first-order valence-electron chi connectivity index (χ1n) is 3.77. The number of carbonyl (C=O) groups is 1. The maximum absolute atomic E-state index is 11.1. The maximum atomic E-state index is 11.1. The molecule has 1 rings (SSSR count). The number of aliphatic hydroxyl groups excluding tert-OH is 1. The number of rotatable bonds is 2. The quantitative estimate of drug-likeness (QED) is 0.659. The number of carbonyl (C=O) groups excluding carboxylic acids is 1. The first kappa shape index (κ1) is 8.11. The summed E-state index contributed by atoms with van der Waals surface area (Å²) < 4.78 is 5.11. The van der Waals surface area contributed by atoms with Crippen LogP contribution in [0.2, 0.25) is 0 Å². The van der Waals surface area contributed by atoms with E-state index in [-0.39, 0.29) is 11.5 Å². The topological polar surface area (TPSA) is 46.5 Å². The van der Waals surface area contributed by atoms with E-state index < -0.39 is 6.10 Å². The predicted molar refractivity (Wildman–Crippen MR) is 40.1 cm³/mol. The molecule has 0 saturated heterocycles. The SMILES string of the molecule is CCCC1OC(C)=C(O)C1=O. The van der Waals surface area contributed by atoms with Gasteiger partial charge in [0.1, 0.15) is 5.76 Å². The van der Waals surface area contributed by atoms with E-state index in [0.717, 1.165) is 6.42 Å². The molecule has 0 radical (unpaired) electrons. The van der Waals surface area contributed by atoms with Crippen molar-refractivity contribution >= 4 is 5.78 Å². The molecule has 1 unspecified atom stereocenters. The summed E-state index contributed by atoms with van der Waals surface area (Å²) in [5.41, 5.74) is 0. The predicted octanol–water partition coefficient (Wildman–Crippen LogP) is 1.54. The first-order chi connectivity index (χ1) is 5.16. The van der Waals surface area contributed by atoms with Crippen LogP contribution in [0.5, 0.6) is 0 Å². The highest BCUT2D eigenvalue weighted by molar-refractivity contribution is 5.98. The molecule has 0 fully saturated rings. The molecule has 0 aromatic rings. The standard InChI is InChI=1S/C8H12O3/c1-3-4-6-8(10)7(9)5(2)11-6/h6,9H,3-4H2,1-2H3. The van der Waals surface area contributed by atoms with Crippen LogP contribution in [0, 0.1) is 0 Å². The van der Waals surface area contributed by atoms with Crippen LogP contribution in [-0.4, -0.2) is 17.0 Å². The van der Waals surface area contributed by atoms with Gasteiger partial charge >= 0.3 is 0 Å². The minimum absolute atomic E-state index is 0.205. The van der Waals surface area contributed by atoms with Crippen molar-refractivity contribution in [1.29, 1.82) is 0 Å². The summed E-state index contributed by atoms with van der Waals surface area (Å²) in [7, 11) is 0. The summed E-state index contributed by atoms with van der Waals surface area (Å²) in [6, 6.07) is 0. The van der Waals surface area contributed by atoms with Crippen LogP contribution < -0.4 is 0 Å². The largest absolute Gasteiger partial charge is 0.502 e. The molecule has 3 nitrogen and oxygen atoms in total. The van der Waals surface area contributed by atoms with E-state index in [9.17, 15) is 4.79 Å². The van der Waals surface area contributed by atoms with Crippen LogP contribution in [0.3, 0.4) is 0 Å². The average molecular weight is 156 g/mol. The zero-order valence-electron chi connectivity index (χ0n) is 6.76. The number of ether oxygens (including phenoxy) is 1. The van der Waals surface area contributed by atoms with Crippen molar-refractivity contribution in [2.24, 2.45) is 0 Å². The van der Waals surface area contributed by atoms with Gasteiger partial charge < -0.3 is 9.84 Å².